The van der Waals surface area contributed by atoms with Gasteiger partial charge in [0, 0.05) is 30.1 Å². The maximum atomic E-state index is 12.8. The number of H-pyrrole nitrogens is 1. The highest BCUT2D eigenvalue weighted by Gasteiger charge is 2.37. The van der Waals surface area contributed by atoms with Gasteiger partial charge < -0.3 is 20.8 Å². The lowest BCUT2D eigenvalue weighted by Gasteiger charge is -2.27. The van der Waals surface area contributed by atoms with Gasteiger partial charge in [0.05, 0.1) is 0 Å². The number of nitrogens with one attached hydrogen (secondary N) is 2. The number of rotatable bonds is 7. The van der Waals surface area contributed by atoms with Gasteiger partial charge in [-0.05, 0) is 30.5 Å². The molecule has 3 aromatic rings. The number of hydrogen-bond donors (Lipinski definition) is 3. The van der Waals surface area contributed by atoms with Crippen molar-refractivity contribution in [3.05, 3.63) is 71.9 Å². The molecule has 0 saturated heterocycles. The van der Waals surface area contributed by atoms with E-state index < -0.39 is 11.7 Å². The summed E-state index contributed by atoms with van der Waals surface area (Å²) >= 11 is 0. The molecule has 140 valence electrons. The van der Waals surface area contributed by atoms with Crippen molar-refractivity contribution in [2.45, 2.75) is 25.4 Å². The van der Waals surface area contributed by atoms with Crippen molar-refractivity contribution in [3.63, 3.8) is 0 Å². The Hall–Kier alpha value is -3.28. The number of amides is 2. The van der Waals surface area contributed by atoms with Gasteiger partial charge in [-0.1, -0.05) is 48.5 Å². The summed E-state index contributed by atoms with van der Waals surface area (Å²) in [5.41, 5.74) is 6.79. The van der Waals surface area contributed by atoms with Gasteiger partial charge in [-0.25, -0.2) is 4.79 Å². The van der Waals surface area contributed by atoms with Crippen LogP contribution in [0.15, 0.2) is 60.8 Å². The van der Waals surface area contributed by atoms with Gasteiger partial charge in [0.1, 0.15) is 0 Å². The van der Waals surface area contributed by atoms with E-state index >= 15 is 0 Å². The maximum Gasteiger partial charge on any atom is 0.405 e. The summed E-state index contributed by atoms with van der Waals surface area (Å²) in [6, 6.07) is 17.6. The second kappa shape index (κ2) is 7.95. The first-order chi connectivity index (χ1) is 13.0. The fourth-order valence-corrected chi connectivity index (χ4v) is 3.18. The van der Waals surface area contributed by atoms with Crippen LogP contribution in [0.1, 0.15) is 18.1 Å². The van der Waals surface area contributed by atoms with Gasteiger partial charge >= 0.3 is 6.09 Å². The van der Waals surface area contributed by atoms with Crippen LogP contribution in [0.3, 0.4) is 0 Å². The number of fused-ring (bicyclic) bond motifs is 1. The highest BCUT2D eigenvalue weighted by Crippen LogP contribution is 2.25. The Kier molecular flexibility index (Phi) is 5.45. The lowest BCUT2D eigenvalue weighted by molar-refractivity contribution is -0.138. The SMILES string of the molecule is CC(Cc1c[nH]c2ccccc12)(OC(N)=O)C(=O)NCCc1ccccc1. The molecule has 2 aromatic carbocycles. The molecule has 0 radical (unpaired) electrons. The van der Waals surface area contributed by atoms with Crippen LogP contribution in [0.4, 0.5) is 4.79 Å². The van der Waals surface area contributed by atoms with E-state index in [1.54, 1.807) is 6.92 Å². The predicted octanol–water partition coefficient (Wildman–Crippen LogP) is 2.92. The summed E-state index contributed by atoms with van der Waals surface area (Å²) in [7, 11) is 0. The Bertz CT molecular complexity index is 936. The third-order valence-electron chi connectivity index (χ3n) is 4.55. The molecule has 6 heteroatoms. The third kappa shape index (κ3) is 4.47. The molecular formula is C21H23N3O3. The van der Waals surface area contributed by atoms with E-state index in [9.17, 15) is 9.59 Å². The molecule has 3 rings (SSSR count). The Labute approximate surface area is 157 Å². The van der Waals surface area contributed by atoms with E-state index in [0.717, 1.165) is 22.0 Å². The van der Waals surface area contributed by atoms with E-state index in [1.165, 1.54) is 0 Å². The highest BCUT2D eigenvalue weighted by molar-refractivity contribution is 5.89. The van der Waals surface area contributed by atoms with Crippen molar-refractivity contribution in [2.75, 3.05) is 6.54 Å². The number of para-hydroxylation sites is 1. The first-order valence-corrected chi connectivity index (χ1v) is 8.83. The van der Waals surface area contributed by atoms with Crippen molar-refractivity contribution in [3.8, 4) is 0 Å². The molecule has 1 atom stereocenters. The van der Waals surface area contributed by atoms with Crippen LogP contribution >= 0.6 is 0 Å². The molecule has 2 amide bonds. The fraction of sp³-hybridized carbons (Fsp3) is 0.238. The minimum atomic E-state index is -1.40. The molecule has 1 heterocycles. The summed E-state index contributed by atoms with van der Waals surface area (Å²) in [6.07, 6.45) is 1.75. The van der Waals surface area contributed by atoms with Gasteiger partial charge in [0.15, 0.2) is 5.60 Å². The summed E-state index contributed by atoms with van der Waals surface area (Å²) in [4.78, 5) is 27.4. The van der Waals surface area contributed by atoms with Crippen LogP contribution in [0.5, 0.6) is 0 Å². The number of benzene rings is 2. The van der Waals surface area contributed by atoms with Crippen molar-refractivity contribution < 1.29 is 14.3 Å². The van der Waals surface area contributed by atoms with Crippen LogP contribution in [-0.2, 0) is 22.4 Å². The summed E-state index contributed by atoms with van der Waals surface area (Å²) < 4.78 is 5.24. The summed E-state index contributed by atoms with van der Waals surface area (Å²) in [6.45, 7) is 2.02. The number of hydrogen-bond acceptors (Lipinski definition) is 3. The fourth-order valence-electron chi connectivity index (χ4n) is 3.18. The lowest BCUT2D eigenvalue weighted by atomic mass is 9.94. The second-order valence-electron chi connectivity index (χ2n) is 6.68. The van der Waals surface area contributed by atoms with Gasteiger partial charge in [-0.3, -0.25) is 4.79 Å². The monoisotopic (exact) mass is 365 g/mol. The molecule has 4 N–H and O–H groups in total. The maximum absolute atomic E-state index is 12.8. The molecular weight excluding hydrogens is 342 g/mol. The largest absolute Gasteiger partial charge is 0.433 e. The number of ether oxygens (including phenoxy) is 1. The first kappa shape index (κ1) is 18.5. The van der Waals surface area contributed by atoms with E-state index in [-0.39, 0.29) is 12.3 Å². The molecule has 1 aromatic heterocycles. The quantitative estimate of drug-likeness (QED) is 0.600. The molecule has 0 bridgehead atoms. The zero-order valence-electron chi connectivity index (χ0n) is 15.2. The lowest BCUT2D eigenvalue weighted by Crippen LogP contribution is -2.50. The van der Waals surface area contributed by atoms with E-state index in [2.05, 4.69) is 10.3 Å². The number of carbonyl (C=O) groups is 2. The number of nitrogens with two attached hydrogens (primary N) is 1. The third-order valence-corrected chi connectivity index (χ3v) is 4.55. The van der Waals surface area contributed by atoms with Crippen molar-refractivity contribution in [2.24, 2.45) is 5.73 Å². The standard InChI is InChI=1S/C21H23N3O3/c1-21(27-20(22)26,13-16-14-24-18-10-6-5-9-17(16)18)19(25)23-12-11-15-7-3-2-4-8-15/h2-10,14,24H,11-13H2,1H3,(H2,22,26)(H,23,25). The van der Waals surface area contributed by atoms with Crippen molar-refractivity contribution in [1.29, 1.82) is 0 Å². The average molecular weight is 365 g/mol. The molecule has 0 aliphatic heterocycles. The molecule has 6 nitrogen and oxygen atoms in total. The van der Waals surface area contributed by atoms with E-state index in [0.29, 0.717) is 13.0 Å². The first-order valence-electron chi connectivity index (χ1n) is 8.83. The van der Waals surface area contributed by atoms with Gasteiger partial charge in [0.2, 0.25) is 0 Å². The topological polar surface area (TPSA) is 97.2 Å². The van der Waals surface area contributed by atoms with Gasteiger partial charge in [0.25, 0.3) is 5.91 Å². The average Bonchev–Trinajstić information content (AvgIpc) is 3.04. The molecule has 0 fully saturated rings. The van der Waals surface area contributed by atoms with E-state index in [1.807, 2.05) is 60.8 Å². The van der Waals surface area contributed by atoms with E-state index in [4.69, 9.17) is 10.5 Å². The van der Waals surface area contributed by atoms with Gasteiger partial charge in [-0.15, -0.1) is 0 Å². The predicted molar refractivity (Wildman–Crippen MR) is 104 cm³/mol. The normalized spacial score (nSPS) is 13.1. The Morgan fingerprint density at radius 3 is 2.56 bits per heavy atom. The number of carbonyl (C=O) groups excluding carboxylic acids is 2. The Morgan fingerprint density at radius 1 is 1.11 bits per heavy atom. The second-order valence-corrected chi connectivity index (χ2v) is 6.68. The van der Waals surface area contributed by atoms with Crippen LogP contribution in [0.25, 0.3) is 10.9 Å². The minimum absolute atomic E-state index is 0.219. The van der Waals surface area contributed by atoms with Gasteiger partial charge in [-0.2, -0.15) is 0 Å². The number of primary amides is 1. The van der Waals surface area contributed by atoms with Crippen molar-refractivity contribution in [1.82, 2.24) is 10.3 Å². The zero-order chi connectivity index (χ0) is 19.3. The summed E-state index contributed by atoms with van der Waals surface area (Å²) in [5, 5.41) is 3.84. The minimum Gasteiger partial charge on any atom is -0.433 e. The molecule has 0 spiro atoms. The molecule has 27 heavy (non-hydrogen) atoms. The zero-order valence-corrected chi connectivity index (χ0v) is 15.2. The molecule has 0 aliphatic carbocycles. The molecule has 1 unspecified atom stereocenters. The van der Waals surface area contributed by atoms with Crippen LogP contribution in [-0.4, -0.2) is 29.1 Å². The Morgan fingerprint density at radius 2 is 1.81 bits per heavy atom. The summed E-state index contributed by atoms with van der Waals surface area (Å²) in [5.74, 6) is -0.373. The highest BCUT2D eigenvalue weighted by atomic mass is 16.6. The Balaban J connectivity index is 1.73. The van der Waals surface area contributed by atoms with Crippen LogP contribution < -0.4 is 11.1 Å². The van der Waals surface area contributed by atoms with Crippen molar-refractivity contribution >= 4 is 22.9 Å². The molecule has 0 aliphatic rings. The molecule has 0 saturated carbocycles. The van der Waals surface area contributed by atoms with Crippen LogP contribution in [0.2, 0.25) is 0 Å². The number of aromatic amines is 1. The smallest absolute Gasteiger partial charge is 0.405 e. The number of aromatic nitrogens is 1. The van der Waals surface area contributed by atoms with Crippen LogP contribution in [0, 0.1) is 0 Å².